The van der Waals surface area contributed by atoms with E-state index in [0.717, 1.165) is 51.9 Å². The third-order valence-electron chi connectivity index (χ3n) is 9.34. The number of carboxylic acids is 1. The number of benzene rings is 4. The van der Waals surface area contributed by atoms with Crippen molar-refractivity contribution < 1.29 is 59.9 Å². The number of hydrogen-bond acceptors (Lipinski definition) is 6. The maximum Gasteiger partial charge on any atom is 1.00 e. The average Bonchev–Trinajstić information content (AvgIpc) is 3.65. The van der Waals surface area contributed by atoms with Gasteiger partial charge in [-0.1, -0.05) is 78.5 Å². The first-order valence-corrected chi connectivity index (χ1v) is 17.7. The maximum atomic E-state index is 12.0. The Labute approximate surface area is 352 Å². The molecule has 13 heteroatoms. The van der Waals surface area contributed by atoms with Crippen molar-refractivity contribution >= 4 is 70.3 Å². The number of aliphatic imine (C=N–C) groups is 2. The Kier molecular flexibility index (Phi) is 16.8. The predicted octanol–water partition coefficient (Wildman–Crippen LogP) is 7.11. The fraction of sp³-hybridized carbons (Fsp3) is 0.300. The molecule has 0 saturated carbocycles. The minimum atomic E-state index is -0.911. The van der Waals surface area contributed by atoms with Crippen LogP contribution in [0.5, 0.6) is 0 Å². The van der Waals surface area contributed by atoms with Crippen LogP contribution < -0.4 is 29.6 Å². The van der Waals surface area contributed by atoms with Gasteiger partial charge in [0.1, 0.15) is 0 Å². The molecule has 4 aromatic carbocycles. The summed E-state index contributed by atoms with van der Waals surface area (Å²) in [6, 6.07) is 22.4. The number of esters is 1. The molecule has 4 N–H and O–H groups in total. The summed E-state index contributed by atoms with van der Waals surface area (Å²) in [6.07, 6.45) is 3.56. The molecule has 8 nitrogen and oxygen atoms in total. The number of rotatable bonds is 7. The SMILES string of the molecule is CCOC(=O)c1ccc(C2CC(C)(c3cc(Cl)cc(Cl)c3)C=N2)cc1C.Cc1cc(C2=NCC(C)(c3cc(Cl)cc(Cl)c3)C2)ccc1C(=O)O.O.[Na+].[OH-]. The summed E-state index contributed by atoms with van der Waals surface area (Å²) < 4.78 is 5.09. The summed E-state index contributed by atoms with van der Waals surface area (Å²) in [5, 5.41) is 11.6. The van der Waals surface area contributed by atoms with Crippen LogP contribution in [0.25, 0.3) is 0 Å². The fourth-order valence-corrected chi connectivity index (χ4v) is 7.55. The third-order valence-corrected chi connectivity index (χ3v) is 10.2. The molecular formula is C40H41Cl4N2NaO6. The molecule has 276 valence electrons. The van der Waals surface area contributed by atoms with Crippen LogP contribution in [0.15, 0.2) is 82.8 Å². The first-order valence-electron chi connectivity index (χ1n) is 16.2. The van der Waals surface area contributed by atoms with Gasteiger partial charge in [0.2, 0.25) is 0 Å². The van der Waals surface area contributed by atoms with Crippen molar-refractivity contribution in [2.24, 2.45) is 9.98 Å². The largest absolute Gasteiger partial charge is 1.00 e. The summed E-state index contributed by atoms with van der Waals surface area (Å²) in [7, 11) is 0. The van der Waals surface area contributed by atoms with Gasteiger partial charge in [0, 0.05) is 55.8 Å². The summed E-state index contributed by atoms with van der Waals surface area (Å²) >= 11 is 24.6. The van der Waals surface area contributed by atoms with E-state index in [4.69, 9.17) is 66.2 Å². The summed E-state index contributed by atoms with van der Waals surface area (Å²) in [5.41, 5.74) is 7.32. The molecule has 0 saturated heterocycles. The van der Waals surface area contributed by atoms with Crippen LogP contribution in [0.4, 0.5) is 0 Å². The van der Waals surface area contributed by atoms with E-state index in [-0.39, 0.29) is 63.4 Å². The number of hydrogen-bond donors (Lipinski definition) is 1. The molecule has 2 heterocycles. The monoisotopic (exact) mass is 808 g/mol. The van der Waals surface area contributed by atoms with Gasteiger partial charge in [0.15, 0.2) is 0 Å². The molecule has 6 rings (SSSR count). The molecule has 2 aliphatic rings. The first-order chi connectivity index (χ1) is 23.6. The van der Waals surface area contributed by atoms with Crippen LogP contribution in [0.3, 0.4) is 0 Å². The number of aryl methyl sites for hydroxylation is 2. The van der Waals surface area contributed by atoms with Crippen LogP contribution in [-0.2, 0) is 15.6 Å². The zero-order valence-corrected chi connectivity index (χ0v) is 35.5. The van der Waals surface area contributed by atoms with Crippen LogP contribution >= 0.6 is 46.4 Å². The van der Waals surface area contributed by atoms with Crippen molar-refractivity contribution in [3.63, 3.8) is 0 Å². The van der Waals surface area contributed by atoms with Gasteiger partial charge in [0.25, 0.3) is 0 Å². The first kappa shape index (κ1) is 46.4. The van der Waals surface area contributed by atoms with Gasteiger partial charge < -0.3 is 20.8 Å². The topological polar surface area (TPSA) is 150 Å². The molecule has 0 spiro atoms. The van der Waals surface area contributed by atoms with E-state index in [2.05, 4.69) is 13.8 Å². The summed E-state index contributed by atoms with van der Waals surface area (Å²) in [6.45, 7) is 10.8. The minimum absolute atomic E-state index is 0. The minimum Gasteiger partial charge on any atom is -0.870 e. The zero-order valence-electron chi connectivity index (χ0n) is 30.4. The van der Waals surface area contributed by atoms with E-state index in [9.17, 15) is 9.59 Å². The van der Waals surface area contributed by atoms with Crippen molar-refractivity contribution in [3.05, 3.63) is 137 Å². The van der Waals surface area contributed by atoms with Gasteiger partial charge in [-0.05, 0) is 115 Å². The second-order valence-corrected chi connectivity index (χ2v) is 15.1. The molecule has 2 aliphatic heterocycles. The number of carboxylic acid groups (broad SMARTS) is 1. The van der Waals surface area contributed by atoms with Gasteiger partial charge in [-0.15, -0.1) is 0 Å². The van der Waals surface area contributed by atoms with Crippen LogP contribution in [0.1, 0.15) is 93.8 Å². The molecule has 0 radical (unpaired) electrons. The van der Waals surface area contributed by atoms with Gasteiger partial charge in [0.05, 0.1) is 23.8 Å². The van der Waals surface area contributed by atoms with Gasteiger partial charge in [-0.25, -0.2) is 9.59 Å². The molecule has 4 aromatic rings. The van der Waals surface area contributed by atoms with Crippen LogP contribution in [-0.4, -0.2) is 53.1 Å². The number of carbonyl (C=O) groups excluding carboxylic acids is 1. The standard InChI is InChI=1S/C21H21Cl2NO2.C19H17Cl2NO2.Na.2H2O/c1-4-26-20(25)18-6-5-14(7-13(18)2)19-11-21(3,12-24-19)15-8-16(22)10-17(23)9-15;1-11-5-12(3-4-16(11)18(23)24)17-9-19(2,10-22-17)13-6-14(20)8-15(21)7-13;;;/h5-10,12,19H,4,11H2,1-3H3;3-8H,9-10H2,1-2H3,(H,23,24);;2*1H2/q;;+1;;/p-1. The van der Waals surface area contributed by atoms with Gasteiger partial charge in [-0.3, -0.25) is 9.98 Å². The Hall–Kier alpha value is -2.76. The van der Waals surface area contributed by atoms with E-state index in [1.807, 2.05) is 67.7 Å². The Bertz CT molecular complexity index is 2000. The Balaban J connectivity index is 0.000000348. The van der Waals surface area contributed by atoms with Crippen molar-refractivity contribution in [3.8, 4) is 0 Å². The van der Waals surface area contributed by atoms with Crippen LogP contribution in [0.2, 0.25) is 20.1 Å². The maximum absolute atomic E-state index is 12.0. The number of aromatic carboxylic acids is 1. The van der Waals surface area contributed by atoms with Crippen molar-refractivity contribution in [1.29, 1.82) is 0 Å². The quantitative estimate of drug-likeness (QED) is 0.156. The van der Waals surface area contributed by atoms with E-state index in [1.165, 1.54) is 0 Å². The van der Waals surface area contributed by atoms with Crippen molar-refractivity contribution in [1.82, 2.24) is 0 Å². The fourth-order valence-electron chi connectivity index (χ4n) is 6.50. The second kappa shape index (κ2) is 19.2. The smallest absolute Gasteiger partial charge is 0.870 e. The average molecular weight is 811 g/mol. The summed E-state index contributed by atoms with van der Waals surface area (Å²) in [5.74, 6) is -1.20. The third kappa shape index (κ3) is 10.9. The molecule has 0 aromatic heterocycles. The predicted molar refractivity (Wildman–Crippen MR) is 210 cm³/mol. The Morgan fingerprint density at radius 3 is 1.91 bits per heavy atom. The van der Waals surface area contributed by atoms with Crippen molar-refractivity contribution in [2.45, 2.75) is 64.3 Å². The Morgan fingerprint density at radius 2 is 1.38 bits per heavy atom. The van der Waals surface area contributed by atoms with Gasteiger partial charge in [-0.2, -0.15) is 0 Å². The Morgan fingerprint density at radius 1 is 0.830 bits per heavy atom. The molecule has 53 heavy (non-hydrogen) atoms. The number of nitrogens with zero attached hydrogens (tertiary/aromatic N) is 2. The summed E-state index contributed by atoms with van der Waals surface area (Å²) in [4.78, 5) is 32.5. The molecule has 3 unspecified atom stereocenters. The van der Waals surface area contributed by atoms with Gasteiger partial charge >= 0.3 is 41.5 Å². The van der Waals surface area contributed by atoms with Crippen LogP contribution in [0, 0.1) is 13.8 Å². The molecule has 3 atom stereocenters. The zero-order chi connectivity index (χ0) is 36.4. The van der Waals surface area contributed by atoms with E-state index >= 15 is 0 Å². The number of carbonyl (C=O) groups is 2. The number of halogens is 4. The molecule has 0 fully saturated rings. The van der Waals surface area contributed by atoms with E-state index < -0.39 is 5.97 Å². The number of ether oxygens (including phenoxy) is 1. The molecule has 0 amide bonds. The molecule has 0 bridgehead atoms. The normalized spacial score (nSPS) is 19.8. The van der Waals surface area contributed by atoms with E-state index in [0.29, 0.717) is 44.4 Å². The second-order valence-electron chi connectivity index (χ2n) is 13.4. The van der Waals surface area contributed by atoms with Crippen molar-refractivity contribution in [2.75, 3.05) is 13.2 Å². The molecule has 0 aliphatic carbocycles. The van der Waals surface area contributed by atoms with E-state index in [1.54, 1.807) is 32.0 Å². The molecular weight excluding hydrogens is 769 g/mol.